The normalized spacial score (nSPS) is 16.0. The van der Waals surface area contributed by atoms with E-state index in [2.05, 4.69) is 29.3 Å². The maximum absolute atomic E-state index is 11.5. The Morgan fingerprint density at radius 3 is 2.71 bits per heavy atom. The molecule has 1 heterocycles. The number of benzene rings is 1. The van der Waals surface area contributed by atoms with Crippen LogP contribution in [0, 0.1) is 5.92 Å². The zero-order valence-corrected chi connectivity index (χ0v) is 13.2. The highest BCUT2D eigenvalue weighted by molar-refractivity contribution is 5.76. The number of nitrogen functional groups attached to an aromatic ring is 1. The van der Waals surface area contributed by atoms with Gasteiger partial charge < -0.3 is 16.0 Å². The molecule has 3 N–H and O–H groups in total. The van der Waals surface area contributed by atoms with Gasteiger partial charge in [0.2, 0.25) is 5.91 Å². The lowest BCUT2D eigenvalue weighted by molar-refractivity contribution is -0.120. The average Bonchev–Trinajstić information content (AvgIpc) is 2.47. The largest absolute Gasteiger partial charge is 0.397 e. The average molecular weight is 289 g/mol. The fourth-order valence-electron chi connectivity index (χ4n) is 2.84. The number of hydrogen-bond acceptors (Lipinski definition) is 3. The summed E-state index contributed by atoms with van der Waals surface area (Å²) in [6.45, 7) is 7.11. The minimum Gasteiger partial charge on any atom is -0.397 e. The second kappa shape index (κ2) is 7.34. The van der Waals surface area contributed by atoms with Crippen molar-refractivity contribution in [2.24, 2.45) is 5.92 Å². The Balaban J connectivity index is 1.95. The quantitative estimate of drug-likeness (QED) is 0.819. The first-order chi connectivity index (χ1) is 10.1. The van der Waals surface area contributed by atoms with Gasteiger partial charge in [0, 0.05) is 26.1 Å². The molecule has 0 unspecified atom stereocenters. The zero-order chi connectivity index (χ0) is 15.2. The van der Waals surface area contributed by atoms with Crippen LogP contribution in [0.4, 0.5) is 11.4 Å². The zero-order valence-electron chi connectivity index (χ0n) is 13.2. The molecule has 1 saturated heterocycles. The van der Waals surface area contributed by atoms with E-state index in [1.807, 2.05) is 13.0 Å². The highest BCUT2D eigenvalue weighted by Gasteiger charge is 2.17. The Bertz CT molecular complexity index is 479. The summed E-state index contributed by atoms with van der Waals surface area (Å²) in [6, 6.07) is 6.23. The Kier molecular flexibility index (Phi) is 5.48. The first kappa shape index (κ1) is 15.7. The summed E-state index contributed by atoms with van der Waals surface area (Å²) in [6.07, 6.45) is 3.73. The maximum atomic E-state index is 11.5. The van der Waals surface area contributed by atoms with E-state index in [9.17, 15) is 4.79 Å². The highest BCUT2D eigenvalue weighted by atomic mass is 16.1. The van der Waals surface area contributed by atoms with Crippen LogP contribution in [0.3, 0.4) is 0 Å². The molecule has 2 rings (SSSR count). The summed E-state index contributed by atoms with van der Waals surface area (Å²) in [4.78, 5) is 13.9. The molecule has 0 bridgehead atoms. The van der Waals surface area contributed by atoms with Crippen LogP contribution in [-0.2, 0) is 11.2 Å². The van der Waals surface area contributed by atoms with Crippen LogP contribution in [-0.4, -0.2) is 25.5 Å². The van der Waals surface area contributed by atoms with Crippen molar-refractivity contribution in [2.45, 2.75) is 39.5 Å². The molecule has 4 heteroatoms. The van der Waals surface area contributed by atoms with Gasteiger partial charge in [0.05, 0.1) is 11.4 Å². The van der Waals surface area contributed by atoms with Crippen LogP contribution < -0.4 is 16.0 Å². The van der Waals surface area contributed by atoms with Crippen molar-refractivity contribution >= 4 is 17.3 Å². The molecule has 1 aromatic rings. The lowest BCUT2D eigenvalue weighted by Gasteiger charge is -2.33. The third-order valence-corrected chi connectivity index (χ3v) is 4.23. The van der Waals surface area contributed by atoms with Gasteiger partial charge in [0.1, 0.15) is 0 Å². The van der Waals surface area contributed by atoms with Crippen LogP contribution in [0.2, 0.25) is 0 Å². The predicted octanol–water partition coefficient (Wildman–Crippen LogP) is 2.57. The minimum atomic E-state index is 0.102. The number of carbonyl (C=O) groups excluding carboxylic acids is 1. The Morgan fingerprint density at radius 2 is 2.10 bits per heavy atom. The smallest absolute Gasteiger partial charge is 0.220 e. The molecule has 0 aliphatic carbocycles. The number of anilines is 2. The summed E-state index contributed by atoms with van der Waals surface area (Å²) in [5, 5.41) is 2.82. The molecule has 21 heavy (non-hydrogen) atoms. The van der Waals surface area contributed by atoms with Crippen molar-refractivity contribution < 1.29 is 4.79 Å². The Labute approximate surface area is 127 Å². The predicted molar refractivity (Wildman–Crippen MR) is 88.5 cm³/mol. The molecule has 1 amide bonds. The Morgan fingerprint density at radius 1 is 1.38 bits per heavy atom. The van der Waals surface area contributed by atoms with Crippen LogP contribution in [0.25, 0.3) is 0 Å². The number of amides is 1. The number of aryl methyl sites for hydroxylation is 1. The molecule has 1 aliphatic rings. The molecule has 0 radical (unpaired) electrons. The lowest BCUT2D eigenvalue weighted by atomic mass is 9.98. The maximum Gasteiger partial charge on any atom is 0.220 e. The monoisotopic (exact) mass is 289 g/mol. The molecule has 0 atom stereocenters. The topological polar surface area (TPSA) is 58.4 Å². The standard InChI is InChI=1S/C17H27N3O/c1-3-19-17(21)7-5-14-4-6-16(15(18)12-14)20-10-8-13(2)9-11-20/h4,6,12-13H,3,5,7-11,18H2,1-2H3,(H,19,21). The molecule has 1 aromatic carbocycles. The van der Waals surface area contributed by atoms with E-state index in [1.165, 1.54) is 12.8 Å². The Hall–Kier alpha value is -1.71. The summed E-state index contributed by atoms with van der Waals surface area (Å²) in [5.41, 5.74) is 9.32. The molecule has 0 spiro atoms. The van der Waals surface area contributed by atoms with Gasteiger partial charge >= 0.3 is 0 Å². The molecular weight excluding hydrogens is 262 g/mol. The van der Waals surface area contributed by atoms with Crippen molar-refractivity contribution in [1.82, 2.24) is 5.32 Å². The molecular formula is C17H27N3O. The number of nitrogens with zero attached hydrogens (tertiary/aromatic N) is 1. The number of rotatable bonds is 5. The molecule has 1 fully saturated rings. The van der Waals surface area contributed by atoms with Crippen LogP contribution in [0.1, 0.15) is 38.7 Å². The van der Waals surface area contributed by atoms with Gasteiger partial charge in [-0.2, -0.15) is 0 Å². The molecule has 0 aromatic heterocycles. The van der Waals surface area contributed by atoms with E-state index >= 15 is 0 Å². The number of nitrogens with one attached hydrogen (secondary N) is 1. The number of carbonyl (C=O) groups is 1. The molecule has 0 saturated carbocycles. The SMILES string of the molecule is CCNC(=O)CCc1ccc(N2CCC(C)CC2)c(N)c1. The summed E-state index contributed by atoms with van der Waals surface area (Å²) >= 11 is 0. The van der Waals surface area contributed by atoms with Gasteiger partial charge in [-0.25, -0.2) is 0 Å². The second-order valence-electron chi connectivity index (χ2n) is 6.02. The van der Waals surface area contributed by atoms with Crippen molar-refractivity contribution in [3.63, 3.8) is 0 Å². The van der Waals surface area contributed by atoms with Crippen LogP contribution >= 0.6 is 0 Å². The van der Waals surface area contributed by atoms with E-state index in [1.54, 1.807) is 0 Å². The van der Waals surface area contributed by atoms with E-state index in [0.717, 1.165) is 42.4 Å². The fraction of sp³-hybridized carbons (Fsp3) is 0.588. The van der Waals surface area contributed by atoms with Gasteiger partial charge in [-0.1, -0.05) is 13.0 Å². The summed E-state index contributed by atoms with van der Waals surface area (Å²) in [5.74, 6) is 0.920. The van der Waals surface area contributed by atoms with Gasteiger partial charge in [0.15, 0.2) is 0 Å². The van der Waals surface area contributed by atoms with Crippen molar-refractivity contribution in [3.8, 4) is 0 Å². The van der Waals surface area contributed by atoms with E-state index < -0.39 is 0 Å². The van der Waals surface area contributed by atoms with Crippen LogP contribution in [0.15, 0.2) is 18.2 Å². The van der Waals surface area contributed by atoms with E-state index in [0.29, 0.717) is 13.0 Å². The van der Waals surface area contributed by atoms with Gasteiger partial charge in [-0.15, -0.1) is 0 Å². The third-order valence-electron chi connectivity index (χ3n) is 4.23. The van der Waals surface area contributed by atoms with Gasteiger partial charge in [-0.05, 0) is 49.8 Å². The lowest BCUT2D eigenvalue weighted by Crippen LogP contribution is -2.33. The van der Waals surface area contributed by atoms with E-state index in [4.69, 9.17) is 5.73 Å². The summed E-state index contributed by atoms with van der Waals surface area (Å²) in [7, 11) is 0. The first-order valence-corrected chi connectivity index (χ1v) is 8.00. The second-order valence-corrected chi connectivity index (χ2v) is 6.02. The number of nitrogens with two attached hydrogens (primary N) is 1. The van der Waals surface area contributed by atoms with Crippen LogP contribution in [0.5, 0.6) is 0 Å². The minimum absolute atomic E-state index is 0.102. The summed E-state index contributed by atoms with van der Waals surface area (Å²) < 4.78 is 0. The first-order valence-electron chi connectivity index (χ1n) is 8.00. The molecule has 1 aliphatic heterocycles. The number of piperidine rings is 1. The van der Waals surface area contributed by atoms with Crippen molar-refractivity contribution in [3.05, 3.63) is 23.8 Å². The molecule has 116 valence electrons. The molecule has 4 nitrogen and oxygen atoms in total. The fourth-order valence-corrected chi connectivity index (χ4v) is 2.84. The highest BCUT2D eigenvalue weighted by Crippen LogP contribution is 2.29. The van der Waals surface area contributed by atoms with E-state index in [-0.39, 0.29) is 5.91 Å². The van der Waals surface area contributed by atoms with Gasteiger partial charge in [0.25, 0.3) is 0 Å². The van der Waals surface area contributed by atoms with Crippen molar-refractivity contribution in [2.75, 3.05) is 30.3 Å². The third kappa shape index (κ3) is 4.38. The number of hydrogen-bond donors (Lipinski definition) is 2. The van der Waals surface area contributed by atoms with Crippen molar-refractivity contribution in [1.29, 1.82) is 0 Å². The van der Waals surface area contributed by atoms with Gasteiger partial charge in [-0.3, -0.25) is 4.79 Å².